The minimum atomic E-state index is -3.13. The molecule has 11 heteroatoms. The van der Waals surface area contributed by atoms with Crippen molar-refractivity contribution in [2.45, 2.75) is 19.9 Å². The molecule has 3 aromatic heterocycles. The Morgan fingerprint density at radius 2 is 1.89 bits per heavy atom. The Labute approximate surface area is 221 Å². The summed E-state index contributed by atoms with van der Waals surface area (Å²) in [5, 5.41) is 8.46. The van der Waals surface area contributed by atoms with E-state index in [9.17, 15) is 8.42 Å². The number of rotatable bonds is 6. The number of pyridine rings is 1. The van der Waals surface area contributed by atoms with Crippen LogP contribution in [0.4, 0.5) is 5.69 Å². The van der Waals surface area contributed by atoms with Crippen LogP contribution in [-0.4, -0.2) is 91.5 Å². The van der Waals surface area contributed by atoms with Crippen LogP contribution in [0.1, 0.15) is 17.4 Å². The van der Waals surface area contributed by atoms with Gasteiger partial charge in [0.25, 0.3) is 0 Å². The van der Waals surface area contributed by atoms with Gasteiger partial charge in [0, 0.05) is 67.2 Å². The van der Waals surface area contributed by atoms with Gasteiger partial charge in [0.05, 0.1) is 52.8 Å². The lowest BCUT2D eigenvalue weighted by Gasteiger charge is -2.32. The van der Waals surface area contributed by atoms with Crippen LogP contribution in [-0.2, 0) is 27.7 Å². The van der Waals surface area contributed by atoms with E-state index in [1.807, 2.05) is 23.6 Å². The minimum Gasteiger partial charge on any atom is -0.378 e. The van der Waals surface area contributed by atoms with Gasteiger partial charge in [0.1, 0.15) is 0 Å². The van der Waals surface area contributed by atoms with Crippen molar-refractivity contribution in [1.82, 2.24) is 24.4 Å². The average Bonchev–Trinajstić information content (AvgIpc) is 3.54. The highest BCUT2D eigenvalue weighted by Crippen LogP contribution is 2.42. The molecule has 4 aromatic rings. The quantitative estimate of drug-likeness (QED) is 0.401. The summed E-state index contributed by atoms with van der Waals surface area (Å²) in [6.07, 6.45) is 4.06. The molecule has 2 aliphatic heterocycles. The molecule has 0 atom stereocenters. The minimum absolute atomic E-state index is 0.542. The maximum Gasteiger partial charge on any atom is 0.211 e. The molecule has 1 N–H and O–H groups in total. The van der Waals surface area contributed by atoms with Gasteiger partial charge in [-0.1, -0.05) is 19.1 Å². The van der Waals surface area contributed by atoms with E-state index in [4.69, 9.17) is 9.72 Å². The number of aromatic nitrogens is 3. The molecular weight excluding hydrogens is 508 g/mol. The molecule has 2 aliphatic rings. The van der Waals surface area contributed by atoms with Gasteiger partial charge in [-0.25, -0.2) is 13.4 Å². The Balaban J connectivity index is 1.42. The second kappa shape index (κ2) is 9.95. The van der Waals surface area contributed by atoms with Crippen LogP contribution >= 0.6 is 11.3 Å². The third-order valence-electron chi connectivity index (χ3n) is 7.38. The van der Waals surface area contributed by atoms with E-state index in [1.165, 1.54) is 27.1 Å². The number of morpholine rings is 1. The Morgan fingerprint density at radius 1 is 1.11 bits per heavy atom. The Kier molecular flexibility index (Phi) is 6.66. The summed E-state index contributed by atoms with van der Waals surface area (Å²) in [6, 6.07) is 8.48. The second-order valence-electron chi connectivity index (χ2n) is 9.74. The SMILES string of the molecule is CCc1c(-c2cccc3[nH]ncc23)nc2cc(CN3CCN(S(C)(=O)=O)CC3)sc2c1N1CCOCC1. The van der Waals surface area contributed by atoms with Crippen molar-refractivity contribution >= 4 is 48.2 Å². The van der Waals surface area contributed by atoms with Crippen molar-refractivity contribution in [2.75, 3.05) is 63.6 Å². The lowest BCUT2D eigenvalue weighted by atomic mass is 9.98. The molecule has 0 spiro atoms. The summed E-state index contributed by atoms with van der Waals surface area (Å²) >= 11 is 1.82. The Morgan fingerprint density at radius 3 is 2.62 bits per heavy atom. The number of hydrogen-bond donors (Lipinski definition) is 1. The number of thiophene rings is 1. The highest BCUT2D eigenvalue weighted by Gasteiger charge is 2.26. The van der Waals surface area contributed by atoms with Crippen molar-refractivity contribution in [3.8, 4) is 11.3 Å². The van der Waals surface area contributed by atoms with Gasteiger partial charge in [-0.05, 0) is 18.6 Å². The molecule has 0 aliphatic carbocycles. The van der Waals surface area contributed by atoms with E-state index < -0.39 is 10.0 Å². The summed E-state index contributed by atoms with van der Waals surface area (Å²) in [6.45, 7) is 8.74. The largest absolute Gasteiger partial charge is 0.378 e. The monoisotopic (exact) mass is 540 g/mol. The molecule has 2 fully saturated rings. The topological polar surface area (TPSA) is 94.7 Å². The number of ether oxygens (including phenoxy) is 1. The number of aromatic amines is 1. The number of fused-ring (bicyclic) bond motifs is 2. The van der Waals surface area contributed by atoms with Gasteiger partial charge in [0.15, 0.2) is 0 Å². The van der Waals surface area contributed by atoms with Crippen LogP contribution < -0.4 is 4.90 Å². The number of benzene rings is 1. The predicted octanol–water partition coefficient (Wildman–Crippen LogP) is 3.32. The van der Waals surface area contributed by atoms with Gasteiger partial charge in [-0.2, -0.15) is 9.40 Å². The summed E-state index contributed by atoms with van der Waals surface area (Å²) < 4.78 is 32.3. The molecule has 6 rings (SSSR count). The van der Waals surface area contributed by atoms with E-state index in [2.05, 4.69) is 45.1 Å². The summed E-state index contributed by atoms with van der Waals surface area (Å²) in [5.41, 5.74) is 6.69. The third kappa shape index (κ3) is 4.74. The first-order chi connectivity index (χ1) is 17.9. The van der Waals surface area contributed by atoms with Crippen molar-refractivity contribution < 1.29 is 13.2 Å². The summed E-state index contributed by atoms with van der Waals surface area (Å²) in [4.78, 5) is 11.3. The standard InChI is InChI=1S/C26H32N6O3S2/c1-3-19-24(20-5-4-6-22-21(20)16-27-29-22)28-23-15-18(17-30-7-9-32(10-8-30)37(2,33)34)36-26(23)25(19)31-11-13-35-14-12-31/h4-6,15-16H,3,7-14,17H2,1-2H3,(H,27,29). The fourth-order valence-electron chi connectivity index (χ4n) is 5.49. The van der Waals surface area contributed by atoms with Crippen molar-refractivity contribution in [1.29, 1.82) is 0 Å². The molecule has 0 radical (unpaired) electrons. The van der Waals surface area contributed by atoms with Crippen LogP contribution in [0.25, 0.3) is 32.4 Å². The van der Waals surface area contributed by atoms with Crippen molar-refractivity contribution in [2.24, 2.45) is 0 Å². The first-order valence-corrected chi connectivity index (χ1v) is 15.5. The van der Waals surface area contributed by atoms with Crippen LogP contribution in [0, 0.1) is 0 Å². The summed E-state index contributed by atoms with van der Waals surface area (Å²) in [7, 11) is -3.13. The normalized spacial score (nSPS) is 18.3. The van der Waals surface area contributed by atoms with E-state index in [0.29, 0.717) is 13.1 Å². The van der Waals surface area contributed by atoms with Crippen LogP contribution in [0.5, 0.6) is 0 Å². The zero-order valence-electron chi connectivity index (χ0n) is 21.2. The molecule has 37 heavy (non-hydrogen) atoms. The number of sulfonamides is 1. The van der Waals surface area contributed by atoms with E-state index in [-0.39, 0.29) is 0 Å². The number of H-pyrrole nitrogens is 1. The maximum absolute atomic E-state index is 11.9. The van der Waals surface area contributed by atoms with Gasteiger partial charge in [-0.3, -0.25) is 10.00 Å². The van der Waals surface area contributed by atoms with Gasteiger partial charge >= 0.3 is 0 Å². The van der Waals surface area contributed by atoms with Crippen molar-refractivity contribution in [3.63, 3.8) is 0 Å². The predicted molar refractivity (Wildman–Crippen MR) is 149 cm³/mol. The second-order valence-corrected chi connectivity index (χ2v) is 12.9. The summed E-state index contributed by atoms with van der Waals surface area (Å²) in [5.74, 6) is 0. The molecule has 0 saturated carbocycles. The Bertz CT molecular complexity index is 1530. The smallest absolute Gasteiger partial charge is 0.211 e. The molecule has 9 nitrogen and oxygen atoms in total. The molecule has 2 saturated heterocycles. The average molecular weight is 541 g/mol. The molecule has 1 aromatic carbocycles. The van der Waals surface area contributed by atoms with Gasteiger partial charge in [-0.15, -0.1) is 11.3 Å². The zero-order chi connectivity index (χ0) is 25.6. The van der Waals surface area contributed by atoms with Crippen LogP contribution in [0.2, 0.25) is 0 Å². The number of hydrogen-bond acceptors (Lipinski definition) is 8. The number of piperazine rings is 1. The van der Waals surface area contributed by atoms with Crippen molar-refractivity contribution in [3.05, 3.63) is 40.9 Å². The molecule has 0 unspecified atom stereocenters. The van der Waals surface area contributed by atoms with E-state index >= 15 is 0 Å². The molecule has 0 amide bonds. The fourth-order valence-corrected chi connectivity index (χ4v) is 7.56. The number of nitrogens with zero attached hydrogens (tertiary/aromatic N) is 5. The van der Waals surface area contributed by atoms with Gasteiger partial charge < -0.3 is 9.64 Å². The third-order valence-corrected chi connectivity index (χ3v) is 9.80. The Hall–Kier alpha value is -2.57. The number of nitrogens with one attached hydrogen (secondary N) is 1. The molecule has 196 valence electrons. The van der Waals surface area contributed by atoms with E-state index in [0.717, 1.165) is 80.0 Å². The molecular formula is C26H32N6O3S2. The molecule has 5 heterocycles. The van der Waals surface area contributed by atoms with Gasteiger partial charge in [0.2, 0.25) is 10.0 Å². The van der Waals surface area contributed by atoms with Crippen LogP contribution in [0.3, 0.4) is 0 Å². The first-order valence-electron chi connectivity index (χ1n) is 12.8. The highest BCUT2D eigenvalue weighted by atomic mass is 32.2. The lowest BCUT2D eigenvalue weighted by Crippen LogP contribution is -2.47. The van der Waals surface area contributed by atoms with E-state index in [1.54, 1.807) is 4.31 Å². The van der Waals surface area contributed by atoms with Crippen LogP contribution in [0.15, 0.2) is 30.5 Å². The number of anilines is 1. The maximum atomic E-state index is 11.9. The fraction of sp³-hybridized carbons (Fsp3) is 0.462. The first kappa shape index (κ1) is 24.7. The highest BCUT2D eigenvalue weighted by molar-refractivity contribution is 7.88. The molecule has 0 bridgehead atoms. The zero-order valence-corrected chi connectivity index (χ0v) is 22.9. The lowest BCUT2D eigenvalue weighted by molar-refractivity contribution is 0.123.